The van der Waals surface area contributed by atoms with Gasteiger partial charge in [0.2, 0.25) is 5.91 Å². The Morgan fingerprint density at radius 3 is 2.03 bits per heavy atom. The first-order valence-electron chi connectivity index (χ1n) is 20.5. The van der Waals surface area contributed by atoms with Crippen molar-refractivity contribution in [1.29, 1.82) is 0 Å². The van der Waals surface area contributed by atoms with E-state index in [4.69, 9.17) is 14.7 Å². The van der Waals surface area contributed by atoms with Gasteiger partial charge in [-0.1, -0.05) is 92.7 Å². The van der Waals surface area contributed by atoms with E-state index in [2.05, 4.69) is 94.7 Å². The number of rotatable bonds is 12. The normalized spacial score (nSPS) is 18.3. The van der Waals surface area contributed by atoms with Crippen molar-refractivity contribution < 1.29 is 14.3 Å². The molecule has 4 unspecified atom stereocenters. The second kappa shape index (κ2) is 17.0. The molecule has 0 saturated carbocycles. The summed E-state index contributed by atoms with van der Waals surface area (Å²) in [5, 5.41) is 5.34. The number of hydrogen-bond acceptors (Lipinski definition) is 7. The molecular weight excluding hydrogens is 725 g/mol. The number of aromatic nitrogens is 4. The number of fused-ring (bicyclic) bond motifs is 1. The molecule has 300 valence electrons. The minimum absolute atomic E-state index is 0.00901. The van der Waals surface area contributed by atoms with E-state index in [1.807, 2.05) is 66.6 Å². The monoisotopic (exact) mass is 778 g/mol. The Labute approximate surface area is 340 Å². The van der Waals surface area contributed by atoms with Crippen LogP contribution in [0.15, 0.2) is 103 Å². The molecule has 2 aliphatic rings. The number of nitrogens with zero attached hydrogens (tertiary/aromatic N) is 5. The lowest BCUT2D eigenvalue weighted by molar-refractivity contribution is -0.137. The summed E-state index contributed by atoms with van der Waals surface area (Å²) in [5.41, 5.74) is 7.37. The summed E-state index contributed by atoms with van der Waals surface area (Å²) in [6.45, 7) is 6.68. The number of benzene rings is 4. The number of ether oxygens (including phenoxy) is 1. The van der Waals surface area contributed by atoms with Crippen LogP contribution in [-0.4, -0.2) is 93.5 Å². The molecular formula is C47H54N8O3. The predicted molar refractivity (Wildman–Crippen MR) is 229 cm³/mol. The third-order valence-electron chi connectivity index (χ3n) is 12.0. The summed E-state index contributed by atoms with van der Waals surface area (Å²) < 4.78 is 4.88. The number of nitrogens with one attached hydrogen (secondary N) is 3. The van der Waals surface area contributed by atoms with Gasteiger partial charge in [0.15, 0.2) is 0 Å². The summed E-state index contributed by atoms with van der Waals surface area (Å²) in [4.78, 5) is 49.2. The van der Waals surface area contributed by atoms with E-state index in [9.17, 15) is 9.59 Å². The van der Waals surface area contributed by atoms with E-state index >= 15 is 0 Å². The van der Waals surface area contributed by atoms with Crippen molar-refractivity contribution in [2.45, 2.75) is 63.7 Å². The van der Waals surface area contributed by atoms with Gasteiger partial charge in [-0.3, -0.25) is 14.6 Å². The molecule has 0 radical (unpaired) electrons. The standard InChI is InChI=1S/C47H54N8O3/c1-30(2)40(52-47(57)58-5)29-54-23-9-13-41(54)44-48-28-39(51-44)37-22-21-35-25-34(19-20-36(35)26-37)31-15-17-32(18-16-31)38-27-49-45(50-38)42-14-10-24-55(42)46(56)43(53(3)4)33-11-7-6-8-12-33/h6-8,11-12,15-22,25-28,30,40-43H,9-10,13-14,23-24,29H2,1-5H3,(H,48,51)(H,49,50)(H,52,57). The zero-order valence-electron chi connectivity index (χ0n) is 34.1. The Morgan fingerprint density at radius 2 is 1.36 bits per heavy atom. The molecule has 11 nitrogen and oxygen atoms in total. The maximum atomic E-state index is 13.9. The number of likely N-dealkylation sites (N-methyl/N-ethyl adjacent to an activating group) is 1. The Balaban J connectivity index is 0.936. The average molecular weight is 779 g/mol. The fourth-order valence-electron chi connectivity index (χ4n) is 8.75. The molecule has 2 aromatic heterocycles. The maximum absolute atomic E-state index is 13.9. The molecule has 3 N–H and O–H groups in total. The number of carbonyl (C=O) groups excluding carboxylic acids is 2. The van der Waals surface area contributed by atoms with Crippen LogP contribution in [0, 0.1) is 5.92 Å². The van der Waals surface area contributed by atoms with Gasteiger partial charge < -0.3 is 24.9 Å². The zero-order chi connectivity index (χ0) is 40.3. The van der Waals surface area contributed by atoms with E-state index in [0.29, 0.717) is 0 Å². The highest BCUT2D eigenvalue weighted by atomic mass is 16.5. The molecule has 6 aromatic rings. The minimum atomic E-state index is -0.392. The Kier molecular flexibility index (Phi) is 11.4. The van der Waals surface area contributed by atoms with E-state index in [1.165, 1.54) is 12.5 Å². The predicted octanol–water partition coefficient (Wildman–Crippen LogP) is 8.77. The molecule has 0 bridgehead atoms. The van der Waals surface area contributed by atoms with Crippen LogP contribution in [0.1, 0.15) is 74.9 Å². The molecule has 0 spiro atoms. The van der Waals surface area contributed by atoms with Gasteiger partial charge in [-0.25, -0.2) is 14.8 Å². The van der Waals surface area contributed by atoms with Crippen LogP contribution in [0.2, 0.25) is 0 Å². The molecule has 58 heavy (non-hydrogen) atoms. The number of methoxy groups -OCH3 is 1. The van der Waals surface area contributed by atoms with Gasteiger partial charge in [-0.2, -0.15) is 0 Å². The van der Waals surface area contributed by atoms with Crippen LogP contribution in [0.5, 0.6) is 0 Å². The molecule has 11 heteroatoms. The van der Waals surface area contributed by atoms with E-state index in [-0.39, 0.29) is 36.0 Å². The Bertz CT molecular complexity index is 2350. The first-order chi connectivity index (χ1) is 28.2. The summed E-state index contributed by atoms with van der Waals surface area (Å²) in [7, 11) is 5.33. The summed E-state index contributed by atoms with van der Waals surface area (Å²) in [6.07, 6.45) is 7.38. The minimum Gasteiger partial charge on any atom is -0.453 e. The van der Waals surface area contributed by atoms with Crippen molar-refractivity contribution in [3.05, 3.63) is 121 Å². The number of hydrogen-bond donors (Lipinski definition) is 3. The number of amides is 2. The van der Waals surface area contributed by atoms with Crippen LogP contribution in [0.4, 0.5) is 4.79 Å². The van der Waals surface area contributed by atoms with Crippen LogP contribution in [0.3, 0.4) is 0 Å². The molecule has 2 aliphatic heterocycles. The van der Waals surface area contributed by atoms with Gasteiger partial charge in [-0.05, 0) is 97.4 Å². The van der Waals surface area contributed by atoms with Gasteiger partial charge in [0, 0.05) is 24.7 Å². The first-order valence-corrected chi connectivity index (χ1v) is 20.5. The van der Waals surface area contributed by atoms with Gasteiger partial charge in [-0.15, -0.1) is 0 Å². The maximum Gasteiger partial charge on any atom is 0.407 e. The smallest absolute Gasteiger partial charge is 0.407 e. The van der Waals surface area contributed by atoms with Gasteiger partial charge in [0.25, 0.3) is 0 Å². The second-order valence-corrected chi connectivity index (χ2v) is 16.3. The second-order valence-electron chi connectivity index (χ2n) is 16.3. The van der Waals surface area contributed by atoms with E-state index < -0.39 is 6.09 Å². The number of alkyl carbamates (subject to hydrolysis) is 1. The van der Waals surface area contributed by atoms with E-state index in [0.717, 1.165) is 102 Å². The molecule has 4 aromatic carbocycles. The summed E-state index contributed by atoms with van der Waals surface area (Å²) >= 11 is 0. The van der Waals surface area contributed by atoms with Crippen molar-refractivity contribution in [2.24, 2.45) is 5.92 Å². The van der Waals surface area contributed by atoms with Crippen molar-refractivity contribution in [3.63, 3.8) is 0 Å². The fourth-order valence-corrected chi connectivity index (χ4v) is 8.75. The molecule has 2 saturated heterocycles. The third kappa shape index (κ3) is 8.14. The van der Waals surface area contributed by atoms with E-state index in [1.54, 1.807) is 0 Å². The largest absolute Gasteiger partial charge is 0.453 e. The molecule has 4 heterocycles. The van der Waals surface area contributed by atoms with Crippen LogP contribution in [-0.2, 0) is 9.53 Å². The number of imidazole rings is 2. The van der Waals surface area contributed by atoms with Crippen LogP contribution >= 0.6 is 0 Å². The van der Waals surface area contributed by atoms with Crippen molar-refractivity contribution >= 4 is 22.8 Å². The Morgan fingerprint density at radius 1 is 0.776 bits per heavy atom. The highest BCUT2D eigenvalue weighted by Crippen LogP contribution is 2.36. The molecule has 4 atom stereocenters. The number of likely N-dealkylation sites (tertiary alicyclic amines) is 2. The van der Waals surface area contributed by atoms with Crippen molar-refractivity contribution in [1.82, 2.24) is 40.0 Å². The third-order valence-corrected chi connectivity index (χ3v) is 12.0. The molecule has 2 fully saturated rings. The highest BCUT2D eigenvalue weighted by molar-refractivity contribution is 5.90. The molecule has 2 amide bonds. The van der Waals surface area contributed by atoms with Crippen LogP contribution in [0.25, 0.3) is 44.4 Å². The van der Waals surface area contributed by atoms with Crippen molar-refractivity contribution in [2.75, 3.05) is 40.8 Å². The quantitative estimate of drug-likeness (QED) is 0.114. The lowest BCUT2D eigenvalue weighted by Gasteiger charge is -2.31. The fraction of sp³-hybridized carbons (Fsp3) is 0.362. The summed E-state index contributed by atoms with van der Waals surface area (Å²) in [6, 6.07) is 31.5. The number of aromatic amines is 2. The summed E-state index contributed by atoms with van der Waals surface area (Å²) in [5.74, 6) is 2.18. The highest BCUT2D eigenvalue weighted by Gasteiger charge is 2.37. The van der Waals surface area contributed by atoms with Crippen molar-refractivity contribution in [3.8, 4) is 33.6 Å². The number of carbonyl (C=O) groups is 2. The molecule has 8 rings (SSSR count). The number of H-pyrrole nitrogens is 2. The SMILES string of the molecule is COC(=O)NC(CN1CCCC1c1ncc(-c2ccc3cc(-c4ccc(-c5cnc(C6CCCN6C(=O)C(c6ccccc6)N(C)C)[nH]5)cc4)ccc3c2)[nH]1)C(C)C. The molecule has 0 aliphatic carbocycles. The van der Waals surface area contributed by atoms with Gasteiger partial charge in [0.05, 0.1) is 43.0 Å². The Hall–Kier alpha value is -5.78. The van der Waals surface area contributed by atoms with Crippen LogP contribution < -0.4 is 5.32 Å². The average Bonchev–Trinajstić information content (AvgIpc) is 4.08. The zero-order valence-corrected chi connectivity index (χ0v) is 34.1. The topological polar surface area (TPSA) is 122 Å². The lowest BCUT2D eigenvalue weighted by atomic mass is 9.98. The van der Waals surface area contributed by atoms with Gasteiger partial charge >= 0.3 is 6.09 Å². The first kappa shape index (κ1) is 39.1. The van der Waals surface area contributed by atoms with Gasteiger partial charge in [0.1, 0.15) is 17.7 Å². The lowest BCUT2D eigenvalue weighted by Crippen LogP contribution is -2.46.